The summed E-state index contributed by atoms with van der Waals surface area (Å²) in [7, 11) is -0.298. The van der Waals surface area contributed by atoms with E-state index >= 15 is 0 Å². The SMILES string of the molecule is COCC(=O)O[C@H](/C=C/[Si](C)(C)c1ccccc1)COCc1ccccc1. The van der Waals surface area contributed by atoms with Crippen molar-refractivity contribution < 1.29 is 19.0 Å². The highest BCUT2D eigenvalue weighted by Crippen LogP contribution is 2.09. The molecule has 0 aromatic heterocycles. The molecule has 5 heteroatoms. The molecule has 0 saturated carbocycles. The van der Waals surface area contributed by atoms with Crippen molar-refractivity contribution in [2.75, 3.05) is 20.3 Å². The van der Waals surface area contributed by atoms with Gasteiger partial charge in [0.25, 0.3) is 0 Å². The van der Waals surface area contributed by atoms with Gasteiger partial charge >= 0.3 is 5.97 Å². The maximum atomic E-state index is 11.9. The Bertz CT molecular complexity index is 714. The number of carbonyl (C=O) groups excluding carboxylic acids is 1. The first-order chi connectivity index (χ1) is 13.0. The molecule has 0 radical (unpaired) electrons. The summed E-state index contributed by atoms with van der Waals surface area (Å²) in [5, 5.41) is 1.33. The Labute approximate surface area is 162 Å². The molecule has 0 heterocycles. The second-order valence-corrected chi connectivity index (χ2v) is 11.3. The first-order valence-electron chi connectivity index (χ1n) is 9.06. The number of benzene rings is 2. The molecule has 27 heavy (non-hydrogen) atoms. The van der Waals surface area contributed by atoms with E-state index in [1.54, 1.807) is 0 Å². The van der Waals surface area contributed by atoms with E-state index < -0.39 is 20.1 Å². The molecule has 144 valence electrons. The molecule has 2 aromatic carbocycles. The maximum Gasteiger partial charge on any atom is 0.332 e. The van der Waals surface area contributed by atoms with Crippen molar-refractivity contribution in [3.8, 4) is 0 Å². The molecule has 1 atom stereocenters. The fraction of sp³-hybridized carbons (Fsp3) is 0.318. The van der Waals surface area contributed by atoms with Crippen molar-refractivity contribution in [1.82, 2.24) is 0 Å². The van der Waals surface area contributed by atoms with Gasteiger partial charge in [-0.3, -0.25) is 0 Å². The van der Waals surface area contributed by atoms with Gasteiger partial charge in [0.15, 0.2) is 0 Å². The van der Waals surface area contributed by atoms with Gasteiger partial charge in [-0.25, -0.2) is 4.79 Å². The lowest BCUT2D eigenvalue weighted by Crippen LogP contribution is -2.40. The van der Waals surface area contributed by atoms with Crippen LogP contribution in [-0.4, -0.2) is 40.5 Å². The molecule has 0 unspecified atom stereocenters. The van der Waals surface area contributed by atoms with Crippen LogP contribution in [0.4, 0.5) is 0 Å². The van der Waals surface area contributed by atoms with Gasteiger partial charge in [-0.1, -0.05) is 84.6 Å². The van der Waals surface area contributed by atoms with Crippen LogP contribution in [0.15, 0.2) is 72.4 Å². The van der Waals surface area contributed by atoms with E-state index in [-0.39, 0.29) is 6.61 Å². The van der Waals surface area contributed by atoms with E-state index in [1.165, 1.54) is 12.3 Å². The Balaban J connectivity index is 2.01. The first kappa shape index (κ1) is 21.1. The lowest BCUT2D eigenvalue weighted by molar-refractivity contribution is -0.153. The summed E-state index contributed by atoms with van der Waals surface area (Å²) in [4.78, 5) is 11.9. The van der Waals surface area contributed by atoms with E-state index in [4.69, 9.17) is 14.2 Å². The van der Waals surface area contributed by atoms with Crippen molar-refractivity contribution >= 4 is 19.2 Å². The Morgan fingerprint density at radius 1 is 1.04 bits per heavy atom. The van der Waals surface area contributed by atoms with E-state index in [9.17, 15) is 4.79 Å². The van der Waals surface area contributed by atoms with Crippen LogP contribution in [0.5, 0.6) is 0 Å². The Morgan fingerprint density at radius 2 is 1.67 bits per heavy atom. The Kier molecular flexibility index (Phi) is 8.45. The Hall–Kier alpha value is -2.21. The summed E-state index contributed by atoms with van der Waals surface area (Å²) in [6.07, 6.45) is 1.52. The number of methoxy groups -OCH3 is 1. The third-order valence-electron chi connectivity index (χ3n) is 4.18. The van der Waals surface area contributed by atoms with E-state index in [2.05, 4.69) is 43.1 Å². The minimum atomic E-state index is -1.77. The van der Waals surface area contributed by atoms with Gasteiger partial charge in [-0.2, -0.15) is 0 Å². The second kappa shape index (κ2) is 10.8. The molecule has 0 N–H and O–H groups in total. The summed E-state index contributed by atoms with van der Waals surface area (Å²) in [6, 6.07) is 20.4. The molecular formula is C22H28O4Si. The average molecular weight is 385 g/mol. The summed E-state index contributed by atoms with van der Waals surface area (Å²) in [6.45, 7) is 5.24. The number of hydrogen-bond acceptors (Lipinski definition) is 4. The molecule has 0 aliphatic rings. The topological polar surface area (TPSA) is 44.8 Å². The zero-order chi connectivity index (χ0) is 19.5. The second-order valence-electron chi connectivity index (χ2n) is 6.91. The number of rotatable bonds is 10. The third-order valence-corrected chi connectivity index (χ3v) is 7.03. The van der Waals surface area contributed by atoms with Gasteiger partial charge in [0.1, 0.15) is 20.8 Å². The molecule has 0 saturated heterocycles. The summed E-state index contributed by atoms with van der Waals surface area (Å²) in [5.41, 5.74) is 3.28. The van der Waals surface area contributed by atoms with Crippen LogP contribution in [0.25, 0.3) is 0 Å². The summed E-state index contributed by atoms with van der Waals surface area (Å²) >= 11 is 0. The highest BCUT2D eigenvalue weighted by molar-refractivity contribution is 6.93. The van der Waals surface area contributed by atoms with Gasteiger partial charge in [0, 0.05) is 7.11 Å². The van der Waals surface area contributed by atoms with Crippen LogP contribution >= 0.6 is 0 Å². The van der Waals surface area contributed by atoms with Crippen molar-refractivity contribution in [2.24, 2.45) is 0 Å². The lowest BCUT2D eigenvalue weighted by Gasteiger charge is -2.20. The fourth-order valence-corrected chi connectivity index (χ4v) is 4.57. The predicted octanol–water partition coefficient (Wildman–Crippen LogP) is 3.47. The van der Waals surface area contributed by atoms with Crippen LogP contribution in [0.1, 0.15) is 5.56 Å². The van der Waals surface area contributed by atoms with Gasteiger partial charge in [-0.15, -0.1) is 0 Å². The number of ether oxygens (including phenoxy) is 3. The standard InChI is InChI=1S/C22H28O4Si/c1-24-18-22(23)26-20(17-25-16-19-10-6-4-7-11-19)14-15-27(2,3)21-12-8-5-9-13-21/h4-15,20H,16-18H2,1-3H3/b15-14+/t20-/m1/s1. The number of hydrogen-bond donors (Lipinski definition) is 0. The number of carbonyl (C=O) groups is 1. The first-order valence-corrected chi connectivity index (χ1v) is 12.1. The van der Waals surface area contributed by atoms with Crippen molar-refractivity contribution in [3.05, 3.63) is 78.0 Å². The molecule has 0 spiro atoms. The molecule has 0 fully saturated rings. The minimum absolute atomic E-state index is 0.0669. The third kappa shape index (κ3) is 7.51. The highest BCUT2D eigenvalue weighted by atomic mass is 28.3. The molecule has 0 amide bonds. The van der Waals surface area contributed by atoms with E-state index in [0.29, 0.717) is 13.2 Å². The van der Waals surface area contributed by atoms with Gasteiger partial charge in [0.2, 0.25) is 0 Å². The van der Waals surface area contributed by atoms with Crippen LogP contribution in [0, 0.1) is 0 Å². The molecule has 0 bridgehead atoms. The highest BCUT2D eigenvalue weighted by Gasteiger charge is 2.21. The van der Waals surface area contributed by atoms with E-state index in [0.717, 1.165) is 5.56 Å². The van der Waals surface area contributed by atoms with Crippen molar-refractivity contribution in [3.63, 3.8) is 0 Å². The van der Waals surface area contributed by atoms with Crippen molar-refractivity contribution in [1.29, 1.82) is 0 Å². The fourth-order valence-electron chi connectivity index (χ4n) is 2.63. The maximum absolute atomic E-state index is 11.9. The molecular weight excluding hydrogens is 356 g/mol. The predicted molar refractivity (Wildman–Crippen MR) is 111 cm³/mol. The van der Waals surface area contributed by atoms with Crippen LogP contribution in [0.3, 0.4) is 0 Å². The molecule has 4 nitrogen and oxygen atoms in total. The Morgan fingerprint density at radius 3 is 2.30 bits per heavy atom. The monoisotopic (exact) mass is 384 g/mol. The zero-order valence-corrected chi connectivity index (χ0v) is 17.3. The zero-order valence-electron chi connectivity index (χ0n) is 16.3. The van der Waals surface area contributed by atoms with Crippen LogP contribution < -0.4 is 5.19 Å². The van der Waals surface area contributed by atoms with Crippen molar-refractivity contribution in [2.45, 2.75) is 25.8 Å². The summed E-state index contributed by atoms with van der Waals surface area (Å²) in [5.74, 6) is -0.394. The molecule has 0 aliphatic heterocycles. The van der Waals surface area contributed by atoms with Gasteiger partial charge in [0.05, 0.1) is 13.2 Å². The smallest absolute Gasteiger partial charge is 0.332 e. The minimum Gasteiger partial charge on any atom is -0.454 e. The molecule has 2 aromatic rings. The quantitative estimate of drug-likeness (QED) is 0.465. The summed E-state index contributed by atoms with van der Waals surface area (Å²) < 4.78 is 16.1. The lowest BCUT2D eigenvalue weighted by atomic mass is 10.2. The van der Waals surface area contributed by atoms with Gasteiger partial charge < -0.3 is 14.2 Å². The number of esters is 1. The van der Waals surface area contributed by atoms with Crippen LogP contribution in [0.2, 0.25) is 13.1 Å². The van der Waals surface area contributed by atoms with E-state index in [1.807, 2.05) is 42.5 Å². The molecule has 0 aliphatic carbocycles. The average Bonchev–Trinajstić information content (AvgIpc) is 2.68. The molecule has 2 rings (SSSR count). The largest absolute Gasteiger partial charge is 0.454 e. The van der Waals surface area contributed by atoms with Gasteiger partial charge in [-0.05, 0) is 11.6 Å². The van der Waals surface area contributed by atoms with Crippen LogP contribution in [-0.2, 0) is 25.6 Å². The normalized spacial score (nSPS) is 12.9.